The number of alkyl halides is 12. The van der Waals surface area contributed by atoms with E-state index < -0.39 is 85.8 Å². The third-order valence-corrected chi connectivity index (χ3v) is 5.16. The Bertz CT molecular complexity index is 580. The van der Waals surface area contributed by atoms with E-state index in [4.69, 9.17) is 0 Å². The largest absolute Gasteiger partial charge is 0.439 e. The zero-order valence-electron chi connectivity index (χ0n) is 15.0. The Labute approximate surface area is 161 Å². The smallest absolute Gasteiger partial charge is 0.437 e. The van der Waals surface area contributed by atoms with Crippen LogP contribution in [0.3, 0.4) is 0 Å². The highest BCUT2D eigenvalue weighted by Gasteiger charge is 2.79. The minimum atomic E-state index is -6.28. The molecule has 1 fully saturated rings. The Balaban J connectivity index is 3.36. The quantitative estimate of drug-likeness (QED) is 0.437. The molecule has 0 aliphatic heterocycles. The molecule has 0 radical (unpaired) electrons. The maximum absolute atomic E-state index is 13.5. The molecule has 1 rings (SSSR count). The zero-order valence-corrected chi connectivity index (χ0v) is 15.0. The van der Waals surface area contributed by atoms with Crippen molar-refractivity contribution in [1.82, 2.24) is 0 Å². The molecule has 0 unspecified atom stereocenters. The lowest BCUT2D eigenvalue weighted by molar-refractivity contribution is -0.399. The predicted molar refractivity (Wildman–Crippen MR) is 73.7 cm³/mol. The van der Waals surface area contributed by atoms with E-state index in [0.29, 0.717) is 0 Å². The summed E-state index contributed by atoms with van der Waals surface area (Å²) in [4.78, 5) is 11.3. The first-order chi connectivity index (χ1) is 13.2. The van der Waals surface area contributed by atoms with Crippen LogP contribution < -0.4 is 0 Å². The number of hydrogen-bond donors (Lipinski definition) is 1. The van der Waals surface area contributed by atoms with Crippen LogP contribution in [0.2, 0.25) is 0 Å². The molecule has 3 nitrogen and oxygen atoms in total. The van der Waals surface area contributed by atoms with Crippen molar-refractivity contribution in [2.24, 2.45) is 11.8 Å². The van der Waals surface area contributed by atoms with Gasteiger partial charge >= 0.3 is 36.3 Å². The van der Waals surface area contributed by atoms with Crippen molar-refractivity contribution < 1.29 is 67.3 Å². The first-order valence-corrected chi connectivity index (χ1v) is 8.37. The molecule has 0 heterocycles. The molecule has 1 aliphatic carbocycles. The molecule has 0 saturated heterocycles. The van der Waals surface area contributed by atoms with Crippen molar-refractivity contribution >= 4 is 5.97 Å². The third kappa shape index (κ3) is 4.31. The molecule has 0 aromatic rings. The number of ether oxygens (including phenoxy) is 1. The fraction of sp³-hybridized carbons (Fsp3) is 0.933. The lowest BCUT2D eigenvalue weighted by Crippen LogP contribution is -2.66. The summed E-state index contributed by atoms with van der Waals surface area (Å²) in [6.07, 6.45) is -31.8. The Kier molecular flexibility index (Phi) is 7.04. The van der Waals surface area contributed by atoms with Gasteiger partial charge in [0, 0.05) is 18.3 Å². The molecule has 1 N–H and O–H groups in total. The fourth-order valence-corrected chi connectivity index (χ4v) is 3.62. The van der Waals surface area contributed by atoms with Crippen LogP contribution in [0, 0.1) is 11.8 Å². The Morgan fingerprint density at radius 3 is 1.33 bits per heavy atom. The summed E-state index contributed by atoms with van der Waals surface area (Å²) in [6.45, 7) is 0.892. The number of rotatable bonds is 4. The molecular weight excluding hydrogens is 456 g/mol. The highest BCUT2D eigenvalue weighted by molar-refractivity contribution is 5.69. The molecular formula is C15H16F12O3. The number of esters is 1. The summed E-state index contributed by atoms with van der Waals surface area (Å²) in [5.74, 6) is -7.35. The summed E-state index contributed by atoms with van der Waals surface area (Å²) in [5, 5.41) is 9.32. The van der Waals surface area contributed by atoms with Crippen LogP contribution in [-0.4, -0.2) is 47.0 Å². The maximum atomic E-state index is 13.5. The van der Waals surface area contributed by atoms with Crippen LogP contribution in [0.15, 0.2) is 0 Å². The van der Waals surface area contributed by atoms with Crippen molar-refractivity contribution in [3.8, 4) is 0 Å². The second kappa shape index (κ2) is 7.93. The SMILES string of the molecule is CCC(=O)OC(C1CCC(C(O)(C(F)(F)F)C(F)(F)F)CC1)(C(F)(F)F)C(F)(F)F. The van der Waals surface area contributed by atoms with Gasteiger partial charge in [0.1, 0.15) is 0 Å². The van der Waals surface area contributed by atoms with Gasteiger partial charge in [-0.05, 0) is 25.7 Å². The Hall–Kier alpha value is -1.41. The standard InChI is InChI=1S/C15H16F12O3/c1-2-9(28)30-11(14(22,23)24,15(25,26)27)8-5-3-7(4-6-8)10(29,12(16,17)18)13(19,20)21/h7-8,29H,2-6H2,1H3. The molecule has 30 heavy (non-hydrogen) atoms. The topological polar surface area (TPSA) is 46.5 Å². The van der Waals surface area contributed by atoms with E-state index in [1.54, 1.807) is 0 Å². The second-order valence-corrected chi connectivity index (χ2v) is 6.87. The summed E-state index contributed by atoms with van der Waals surface area (Å²) in [5.41, 5.74) is -10.4. The molecule has 15 heteroatoms. The summed E-state index contributed by atoms with van der Waals surface area (Å²) in [6, 6.07) is 0. The van der Waals surface area contributed by atoms with Crippen LogP contribution >= 0.6 is 0 Å². The van der Waals surface area contributed by atoms with Crippen LogP contribution in [0.4, 0.5) is 52.7 Å². The number of aliphatic hydroxyl groups is 1. The number of halogens is 12. The first kappa shape index (κ1) is 26.6. The summed E-state index contributed by atoms with van der Waals surface area (Å²) >= 11 is 0. The average molecular weight is 472 g/mol. The van der Waals surface area contributed by atoms with Gasteiger partial charge in [0.15, 0.2) is 0 Å². The summed E-state index contributed by atoms with van der Waals surface area (Å²) < 4.78 is 162. The van der Waals surface area contributed by atoms with E-state index in [1.807, 2.05) is 0 Å². The van der Waals surface area contributed by atoms with Gasteiger partial charge in [-0.25, -0.2) is 0 Å². The van der Waals surface area contributed by atoms with Gasteiger partial charge in [-0.1, -0.05) is 6.92 Å². The highest BCUT2D eigenvalue weighted by Crippen LogP contribution is 2.58. The van der Waals surface area contributed by atoms with Gasteiger partial charge in [-0.3, -0.25) is 4.79 Å². The van der Waals surface area contributed by atoms with Crippen molar-refractivity contribution in [1.29, 1.82) is 0 Å². The van der Waals surface area contributed by atoms with Crippen molar-refractivity contribution in [2.45, 2.75) is 74.9 Å². The number of carbonyl (C=O) groups excluding carboxylic acids is 1. The lowest BCUT2D eigenvalue weighted by Gasteiger charge is -2.47. The van der Waals surface area contributed by atoms with Crippen LogP contribution in [0.5, 0.6) is 0 Å². The van der Waals surface area contributed by atoms with E-state index in [9.17, 15) is 62.6 Å². The third-order valence-electron chi connectivity index (χ3n) is 5.16. The first-order valence-electron chi connectivity index (χ1n) is 8.37. The maximum Gasteiger partial charge on any atom is 0.437 e. The fourth-order valence-electron chi connectivity index (χ4n) is 3.62. The molecule has 0 aromatic heterocycles. The van der Waals surface area contributed by atoms with Gasteiger partial charge in [0.2, 0.25) is 0 Å². The predicted octanol–water partition coefficient (Wildman–Crippen LogP) is 5.47. The molecule has 0 spiro atoms. The number of carbonyl (C=O) groups is 1. The molecule has 0 bridgehead atoms. The second-order valence-electron chi connectivity index (χ2n) is 6.87. The van der Waals surface area contributed by atoms with E-state index in [0.717, 1.165) is 6.92 Å². The monoisotopic (exact) mass is 472 g/mol. The minimum Gasteiger partial charge on any atom is -0.439 e. The van der Waals surface area contributed by atoms with E-state index >= 15 is 0 Å². The van der Waals surface area contributed by atoms with Crippen molar-refractivity contribution in [2.75, 3.05) is 0 Å². The Morgan fingerprint density at radius 1 is 0.733 bits per heavy atom. The minimum absolute atomic E-state index is 0.892. The Morgan fingerprint density at radius 2 is 1.07 bits per heavy atom. The molecule has 1 aliphatic rings. The van der Waals surface area contributed by atoms with Crippen LogP contribution in [0.1, 0.15) is 39.0 Å². The average Bonchev–Trinajstić information content (AvgIpc) is 2.54. The van der Waals surface area contributed by atoms with Crippen molar-refractivity contribution in [3.63, 3.8) is 0 Å². The zero-order chi connectivity index (χ0) is 24.0. The van der Waals surface area contributed by atoms with Gasteiger partial charge in [-0.2, -0.15) is 52.7 Å². The van der Waals surface area contributed by atoms with E-state index in [1.165, 1.54) is 0 Å². The van der Waals surface area contributed by atoms with Gasteiger partial charge < -0.3 is 9.84 Å². The molecule has 178 valence electrons. The lowest BCUT2D eigenvalue weighted by atomic mass is 9.67. The van der Waals surface area contributed by atoms with E-state index in [2.05, 4.69) is 4.74 Å². The van der Waals surface area contributed by atoms with Crippen LogP contribution in [-0.2, 0) is 9.53 Å². The normalized spacial score (nSPS) is 22.7. The molecule has 0 amide bonds. The summed E-state index contributed by atoms with van der Waals surface area (Å²) in [7, 11) is 0. The van der Waals surface area contributed by atoms with Gasteiger partial charge in [-0.15, -0.1) is 0 Å². The number of hydrogen-bond acceptors (Lipinski definition) is 3. The highest BCUT2D eigenvalue weighted by atomic mass is 19.4. The van der Waals surface area contributed by atoms with Gasteiger partial charge in [0.05, 0.1) is 0 Å². The molecule has 0 aromatic carbocycles. The molecule has 0 atom stereocenters. The van der Waals surface area contributed by atoms with Gasteiger partial charge in [0.25, 0.3) is 5.60 Å². The van der Waals surface area contributed by atoms with Crippen LogP contribution in [0.25, 0.3) is 0 Å². The van der Waals surface area contributed by atoms with E-state index in [-0.39, 0.29) is 0 Å². The molecule has 1 saturated carbocycles. The van der Waals surface area contributed by atoms with Crippen molar-refractivity contribution in [3.05, 3.63) is 0 Å².